The molecular weight excluding hydrogens is 262 g/mol. The van der Waals surface area contributed by atoms with Crippen LogP contribution >= 0.6 is 0 Å². The van der Waals surface area contributed by atoms with E-state index < -0.39 is 0 Å². The van der Waals surface area contributed by atoms with E-state index in [1.165, 1.54) is 13.0 Å². The minimum absolute atomic E-state index is 0.378. The van der Waals surface area contributed by atoms with Crippen LogP contribution in [0.5, 0.6) is 0 Å². The van der Waals surface area contributed by atoms with Crippen molar-refractivity contribution in [1.29, 1.82) is 0 Å². The molecule has 0 aliphatic carbocycles. The van der Waals surface area contributed by atoms with Gasteiger partial charge in [-0.15, -0.1) is 0 Å². The minimum atomic E-state index is 0.378. The molecule has 4 nitrogen and oxygen atoms in total. The number of likely N-dealkylation sites (N-methyl/N-ethyl adjacent to an activating group) is 1. The van der Waals surface area contributed by atoms with Crippen molar-refractivity contribution < 1.29 is 4.74 Å². The second-order valence-electron chi connectivity index (χ2n) is 7.76. The zero-order valence-corrected chi connectivity index (χ0v) is 14.6. The summed E-state index contributed by atoms with van der Waals surface area (Å²) in [6.45, 7) is 15.7. The van der Waals surface area contributed by atoms with Gasteiger partial charge in [-0.3, -0.25) is 4.90 Å². The van der Waals surface area contributed by atoms with Crippen LogP contribution in [0.2, 0.25) is 0 Å². The normalized spacial score (nSPS) is 33.0. The fraction of sp³-hybridized carbons (Fsp3) is 1.00. The molecule has 21 heavy (non-hydrogen) atoms. The molecule has 2 heterocycles. The Labute approximate surface area is 131 Å². The maximum Gasteiger partial charge on any atom is 0.0829 e. The molecule has 124 valence electrons. The van der Waals surface area contributed by atoms with Crippen LogP contribution in [-0.4, -0.2) is 74.4 Å². The van der Waals surface area contributed by atoms with Gasteiger partial charge in [0, 0.05) is 44.8 Å². The standard InChI is InChI=1S/C17H35N3O/c1-13(2)8-15-10-20(17(9-18-15)14(3)4)12-16-11-19(5)6-7-21-16/h13-18H,6-12H2,1-5H3. The third kappa shape index (κ3) is 5.20. The lowest BCUT2D eigenvalue weighted by molar-refractivity contribution is -0.0508. The van der Waals surface area contributed by atoms with Crippen LogP contribution in [0, 0.1) is 11.8 Å². The molecule has 2 aliphatic heterocycles. The molecule has 0 aromatic rings. The van der Waals surface area contributed by atoms with E-state index in [4.69, 9.17) is 4.74 Å². The molecule has 1 N–H and O–H groups in total. The molecule has 0 aromatic carbocycles. The smallest absolute Gasteiger partial charge is 0.0829 e. The Morgan fingerprint density at radius 3 is 2.57 bits per heavy atom. The maximum atomic E-state index is 5.99. The van der Waals surface area contributed by atoms with Crippen LogP contribution in [-0.2, 0) is 4.74 Å². The molecule has 0 saturated carbocycles. The Morgan fingerprint density at radius 1 is 1.19 bits per heavy atom. The van der Waals surface area contributed by atoms with Crippen molar-refractivity contribution >= 4 is 0 Å². The number of ether oxygens (including phenoxy) is 1. The van der Waals surface area contributed by atoms with Crippen molar-refractivity contribution in [2.75, 3.05) is 46.4 Å². The van der Waals surface area contributed by atoms with Crippen molar-refractivity contribution in [1.82, 2.24) is 15.1 Å². The SMILES string of the molecule is CC(C)CC1CN(CC2CN(C)CCO2)C(C(C)C)CN1. The number of hydrogen-bond acceptors (Lipinski definition) is 4. The van der Waals surface area contributed by atoms with E-state index in [0.717, 1.165) is 38.7 Å². The summed E-state index contributed by atoms with van der Waals surface area (Å²) in [7, 11) is 2.20. The highest BCUT2D eigenvalue weighted by atomic mass is 16.5. The van der Waals surface area contributed by atoms with Crippen LogP contribution in [0.4, 0.5) is 0 Å². The monoisotopic (exact) mass is 297 g/mol. The van der Waals surface area contributed by atoms with Crippen molar-refractivity contribution in [3.8, 4) is 0 Å². The predicted octanol–water partition coefficient (Wildman–Crippen LogP) is 1.66. The van der Waals surface area contributed by atoms with E-state index in [0.29, 0.717) is 24.1 Å². The lowest BCUT2D eigenvalue weighted by atomic mass is 9.94. The third-order valence-corrected chi connectivity index (χ3v) is 4.85. The van der Waals surface area contributed by atoms with Crippen molar-refractivity contribution in [2.24, 2.45) is 11.8 Å². The first-order valence-electron chi connectivity index (χ1n) is 8.73. The number of rotatable bonds is 5. The molecule has 3 unspecified atom stereocenters. The highest BCUT2D eigenvalue weighted by molar-refractivity contribution is 4.90. The van der Waals surface area contributed by atoms with Crippen LogP contribution in [0.3, 0.4) is 0 Å². The van der Waals surface area contributed by atoms with Gasteiger partial charge in [0.1, 0.15) is 0 Å². The molecule has 0 radical (unpaired) electrons. The third-order valence-electron chi connectivity index (χ3n) is 4.85. The maximum absolute atomic E-state index is 5.99. The van der Waals surface area contributed by atoms with Crippen molar-refractivity contribution in [3.63, 3.8) is 0 Å². The van der Waals surface area contributed by atoms with E-state index in [1.807, 2.05) is 0 Å². The quantitative estimate of drug-likeness (QED) is 0.835. The second-order valence-corrected chi connectivity index (χ2v) is 7.76. The van der Waals surface area contributed by atoms with E-state index in [-0.39, 0.29) is 0 Å². The first-order valence-corrected chi connectivity index (χ1v) is 8.73. The fourth-order valence-corrected chi connectivity index (χ4v) is 3.73. The number of nitrogens with zero attached hydrogens (tertiary/aromatic N) is 2. The van der Waals surface area contributed by atoms with Gasteiger partial charge in [-0.1, -0.05) is 27.7 Å². The average molecular weight is 297 g/mol. The number of hydrogen-bond donors (Lipinski definition) is 1. The molecule has 4 heteroatoms. The summed E-state index contributed by atoms with van der Waals surface area (Å²) >= 11 is 0. The second kappa shape index (κ2) is 7.91. The summed E-state index contributed by atoms with van der Waals surface area (Å²) in [4.78, 5) is 5.09. The summed E-state index contributed by atoms with van der Waals surface area (Å²) in [5, 5.41) is 3.76. The molecular formula is C17H35N3O. The van der Waals surface area contributed by atoms with E-state index in [1.54, 1.807) is 0 Å². The largest absolute Gasteiger partial charge is 0.374 e. The fourth-order valence-electron chi connectivity index (χ4n) is 3.73. The average Bonchev–Trinajstić information content (AvgIpc) is 2.37. The zero-order valence-electron chi connectivity index (χ0n) is 14.6. The van der Waals surface area contributed by atoms with Gasteiger partial charge in [-0.25, -0.2) is 0 Å². The van der Waals surface area contributed by atoms with Gasteiger partial charge >= 0.3 is 0 Å². The Bertz CT molecular complexity index is 308. The predicted molar refractivity (Wildman–Crippen MR) is 88.7 cm³/mol. The molecule has 2 aliphatic rings. The molecule has 0 bridgehead atoms. The molecule has 2 saturated heterocycles. The zero-order chi connectivity index (χ0) is 15.4. The molecule has 2 fully saturated rings. The summed E-state index contributed by atoms with van der Waals surface area (Å²) < 4.78 is 5.99. The van der Waals surface area contributed by atoms with Gasteiger partial charge in [0.15, 0.2) is 0 Å². The van der Waals surface area contributed by atoms with Gasteiger partial charge in [0.2, 0.25) is 0 Å². The summed E-state index contributed by atoms with van der Waals surface area (Å²) in [5.41, 5.74) is 0. The van der Waals surface area contributed by atoms with Gasteiger partial charge in [-0.2, -0.15) is 0 Å². The number of piperazine rings is 1. The van der Waals surface area contributed by atoms with Crippen molar-refractivity contribution in [2.45, 2.75) is 52.3 Å². The van der Waals surface area contributed by atoms with E-state index >= 15 is 0 Å². The van der Waals surface area contributed by atoms with Gasteiger partial charge in [0.05, 0.1) is 12.7 Å². The first kappa shape index (κ1) is 17.2. The Kier molecular flexibility index (Phi) is 6.48. The van der Waals surface area contributed by atoms with Crippen molar-refractivity contribution in [3.05, 3.63) is 0 Å². The van der Waals surface area contributed by atoms with Crippen LogP contribution in [0.15, 0.2) is 0 Å². The minimum Gasteiger partial charge on any atom is -0.374 e. The molecule has 0 aromatic heterocycles. The summed E-state index contributed by atoms with van der Waals surface area (Å²) in [6.07, 6.45) is 1.65. The molecule has 0 amide bonds. The van der Waals surface area contributed by atoms with Gasteiger partial charge in [-0.05, 0) is 25.3 Å². The van der Waals surface area contributed by atoms with Crippen LogP contribution in [0.1, 0.15) is 34.1 Å². The molecule has 0 spiro atoms. The van der Waals surface area contributed by atoms with Gasteiger partial charge in [0.25, 0.3) is 0 Å². The molecule has 2 rings (SSSR count). The Hall–Kier alpha value is -0.160. The lowest BCUT2D eigenvalue weighted by Crippen LogP contribution is -2.61. The summed E-state index contributed by atoms with van der Waals surface area (Å²) in [5.74, 6) is 1.45. The number of nitrogens with one attached hydrogen (secondary N) is 1. The van der Waals surface area contributed by atoms with Crippen LogP contribution < -0.4 is 5.32 Å². The van der Waals surface area contributed by atoms with Gasteiger partial charge < -0.3 is 15.0 Å². The Morgan fingerprint density at radius 2 is 1.95 bits per heavy atom. The number of morpholine rings is 1. The molecule has 3 atom stereocenters. The lowest BCUT2D eigenvalue weighted by Gasteiger charge is -2.45. The Balaban J connectivity index is 1.93. The van der Waals surface area contributed by atoms with E-state index in [2.05, 4.69) is 49.9 Å². The first-order chi connectivity index (χ1) is 9.95. The van der Waals surface area contributed by atoms with Crippen LogP contribution in [0.25, 0.3) is 0 Å². The highest BCUT2D eigenvalue weighted by Gasteiger charge is 2.32. The van der Waals surface area contributed by atoms with E-state index in [9.17, 15) is 0 Å². The topological polar surface area (TPSA) is 27.7 Å². The summed E-state index contributed by atoms with van der Waals surface area (Å²) in [6, 6.07) is 1.28. The highest BCUT2D eigenvalue weighted by Crippen LogP contribution is 2.20.